The summed E-state index contributed by atoms with van der Waals surface area (Å²) >= 11 is 1.66. The summed E-state index contributed by atoms with van der Waals surface area (Å²) < 4.78 is 1.19. The van der Waals surface area contributed by atoms with Gasteiger partial charge in [-0.25, -0.2) is 4.98 Å². The van der Waals surface area contributed by atoms with Crippen LogP contribution in [0.15, 0.2) is 24.3 Å². The molecular formula is C16H22N2OS. The molecule has 0 bridgehead atoms. The van der Waals surface area contributed by atoms with Gasteiger partial charge in [0.25, 0.3) is 0 Å². The number of anilines is 1. The Morgan fingerprint density at radius 2 is 2.10 bits per heavy atom. The Bertz CT molecular complexity index is 540. The van der Waals surface area contributed by atoms with E-state index in [2.05, 4.69) is 23.3 Å². The van der Waals surface area contributed by atoms with Gasteiger partial charge in [0.15, 0.2) is 5.13 Å². The molecule has 0 amide bonds. The SMILES string of the molecule is CCC1CCC(O)(CNc2nc3ccccc3s2)CC1. The van der Waals surface area contributed by atoms with Crippen LogP contribution in [0.5, 0.6) is 0 Å². The van der Waals surface area contributed by atoms with Crippen molar-refractivity contribution in [2.24, 2.45) is 5.92 Å². The van der Waals surface area contributed by atoms with Crippen molar-refractivity contribution in [2.75, 3.05) is 11.9 Å². The first-order chi connectivity index (χ1) is 9.68. The van der Waals surface area contributed by atoms with Crippen molar-refractivity contribution >= 4 is 26.7 Å². The van der Waals surface area contributed by atoms with Crippen molar-refractivity contribution in [3.63, 3.8) is 0 Å². The van der Waals surface area contributed by atoms with Crippen molar-refractivity contribution in [2.45, 2.75) is 44.6 Å². The molecule has 0 unspecified atom stereocenters. The van der Waals surface area contributed by atoms with Crippen molar-refractivity contribution in [1.82, 2.24) is 4.98 Å². The third kappa shape index (κ3) is 2.96. The number of para-hydroxylation sites is 1. The zero-order chi connectivity index (χ0) is 14.0. The van der Waals surface area contributed by atoms with Crippen LogP contribution in [0, 0.1) is 5.92 Å². The average molecular weight is 290 g/mol. The molecule has 1 aromatic heterocycles. The topological polar surface area (TPSA) is 45.1 Å². The Morgan fingerprint density at radius 1 is 1.35 bits per heavy atom. The lowest BCUT2D eigenvalue weighted by Crippen LogP contribution is -2.40. The summed E-state index contributed by atoms with van der Waals surface area (Å²) in [6, 6.07) is 8.15. The number of rotatable bonds is 4. The maximum absolute atomic E-state index is 10.6. The van der Waals surface area contributed by atoms with Crippen LogP contribution in [0.3, 0.4) is 0 Å². The first-order valence-electron chi connectivity index (χ1n) is 7.50. The van der Waals surface area contributed by atoms with Gasteiger partial charge >= 0.3 is 0 Å². The molecule has 1 fully saturated rings. The highest BCUT2D eigenvalue weighted by Gasteiger charge is 2.32. The molecule has 20 heavy (non-hydrogen) atoms. The second-order valence-electron chi connectivity index (χ2n) is 5.92. The zero-order valence-corrected chi connectivity index (χ0v) is 12.7. The van der Waals surface area contributed by atoms with Crippen molar-refractivity contribution in [3.8, 4) is 0 Å². The summed E-state index contributed by atoms with van der Waals surface area (Å²) in [5.74, 6) is 0.803. The zero-order valence-electron chi connectivity index (χ0n) is 11.9. The largest absolute Gasteiger partial charge is 0.388 e. The van der Waals surface area contributed by atoms with Crippen LogP contribution in [0.4, 0.5) is 5.13 Å². The molecule has 1 aliphatic rings. The summed E-state index contributed by atoms with van der Waals surface area (Å²) in [4.78, 5) is 4.56. The van der Waals surface area contributed by atoms with Gasteiger partial charge in [-0.05, 0) is 43.7 Å². The predicted molar refractivity (Wildman–Crippen MR) is 85.3 cm³/mol. The fourth-order valence-corrected chi connectivity index (χ4v) is 3.85. The maximum atomic E-state index is 10.6. The van der Waals surface area contributed by atoms with Gasteiger partial charge in [-0.2, -0.15) is 0 Å². The molecule has 1 aromatic carbocycles. The molecular weight excluding hydrogens is 268 g/mol. The average Bonchev–Trinajstić information content (AvgIpc) is 2.89. The van der Waals surface area contributed by atoms with Gasteiger partial charge in [-0.15, -0.1) is 0 Å². The van der Waals surface area contributed by atoms with E-state index in [9.17, 15) is 5.11 Å². The molecule has 0 spiro atoms. The maximum Gasteiger partial charge on any atom is 0.183 e. The lowest BCUT2D eigenvalue weighted by molar-refractivity contribution is 0.00229. The number of nitrogens with zero attached hydrogens (tertiary/aromatic N) is 1. The lowest BCUT2D eigenvalue weighted by Gasteiger charge is -2.35. The van der Waals surface area contributed by atoms with Crippen LogP contribution in [0.25, 0.3) is 10.2 Å². The molecule has 1 aliphatic carbocycles. The molecule has 1 heterocycles. The quantitative estimate of drug-likeness (QED) is 0.893. The van der Waals surface area contributed by atoms with Crippen molar-refractivity contribution in [1.29, 1.82) is 0 Å². The number of nitrogens with one attached hydrogen (secondary N) is 1. The van der Waals surface area contributed by atoms with Gasteiger partial charge in [-0.1, -0.05) is 36.8 Å². The highest BCUT2D eigenvalue weighted by Crippen LogP contribution is 2.34. The number of fused-ring (bicyclic) bond motifs is 1. The summed E-state index contributed by atoms with van der Waals surface area (Å²) in [6.07, 6.45) is 5.34. The Balaban J connectivity index is 1.61. The Morgan fingerprint density at radius 3 is 2.80 bits per heavy atom. The number of thiazole rings is 1. The molecule has 2 aromatic rings. The van der Waals surface area contributed by atoms with E-state index in [1.165, 1.54) is 11.1 Å². The summed E-state index contributed by atoms with van der Waals surface area (Å²) in [5, 5.41) is 14.9. The number of aromatic nitrogens is 1. The molecule has 0 aliphatic heterocycles. The molecule has 1 saturated carbocycles. The van der Waals surface area contributed by atoms with Gasteiger partial charge in [0.2, 0.25) is 0 Å². The van der Waals surface area contributed by atoms with Crippen LogP contribution in [0.2, 0.25) is 0 Å². The molecule has 0 saturated heterocycles. The Labute approximate surface area is 124 Å². The normalized spacial score (nSPS) is 26.8. The molecule has 3 rings (SSSR count). The highest BCUT2D eigenvalue weighted by atomic mass is 32.1. The van der Waals surface area contributed by atoms with E-state index >= 15 is 0 Å². The first-order valence-corrected chi connectivity index (χ1v) is 8.32. The van der Waals surface area contributed by atoms with Crippen LogP contribution in [0.1, 0.15) is 39.0 Å². The lowest BCUT2D eigenvalue weighted by atomic mass is 9.78. The second-order valence-corrected chi connectivity index (χ2v) is 6.95. The van der Waals surface area contributed by atoms with Gasteiger partial charge in [-0.3, -0.25) is 0 Å². The van der Waals surface area contributed by atoms with Gasteiger partial charge in [0.1, 0.15) is 0 Å². The smallest absolute Gasteiger partial charge is 0.183 e. The van der Waals surface area contributed by atoms with E-state index in [0.29, 0.717) is 6.54 Å². The summed E-state index contributed by atoms with van der Waals surface area (Å²) in [7, 11) is 0. The van der Waals surface area contributed by atoms with E-state index in [1.54, 1.807) is 11.3 Å². The number of hydrogen-bond acceptors (Lipinski definition) is 4. The Hall–Kier alpha value is -1.13. The molecule has 108 valence electrons. The minimum absolute atomic E-state index is 0.552. The molecule has 0 radical (unpaired) electrons. The van der Waals surface area contributed by atoms with Crippen LogP contribution in [-0.2, 0) is 0 Å². The number of benzene rings is 1. The van der Waals surface area contributed by atoms with E-state index in [4.69, 9.17) is 0 Å². The molecule has 0 atom stereocenters. The minimum atomic E-state index is -0.552. The number of aliphatic hydroxyl groups is 1. The highest BCUT2D eigenvalue weighted by molar-refractivity contribution is 7.22. The monoisotopic (exact) mass is 290 g/mol. The molecule has 2 N–H and O–H groups in total. The standard InChI is InChI=1S/C16H22N2OS/c1-2-12-7-9-16(19,10-8-12)11-17-15-18-13-5-3-4-6-14(13)20-15/h3-6,12,19H,2,7-11H2,1H3,(H,17,18). The van der Waals surface area contributed by atoms with Gasteiger partial charge in [0.05, 0.1) is 15.8 Å². The fourth-order valence-electron chi connectivity index (χ4n) is 2.99. The third-order valence-electron chi connectivity index (χ3n) is 4.48. The summed E-state index contributed by atoms with van der Waals surface area (Å²) in [5.41, 5.74) is 0.477. The second kappa shape index (κ2) is 5.70. The molecule has 4 heteroatoms. The van der Waals surface area contributed by atoms with Crippen LogP contribution < -0.4 is 5.32 Å². The van der Waals surface area contributed by atoms with E-state index in [-0.39, 0.29) is 0 Å². The van der Waals surface area contributed by atoms with E-state index < -0.39 is 5.60 Å². The van der Waals surface area contributed by atoms with Crippen LogP contribution in [-0.4, -0.2) is 22.2 Å². The fraction of sp³-hybridized carbons (Fsp3) is 0.562. The molecule has 3 nitrogen and oxygen atoms in total. The van der Waals surface area contributed by atoms with Crippen LogP contribution >= 0.6 is 11.3 Å². The van der Waals surface area contributed by atoms with Gasteiger partial charge in [0, 0.05) is 6.54 Å². The Kier molecular flexibility index (Phi) is 3.94. The minimum Gasteiger partial charge on any atom is -0.388 e. The third-order valence-corrected chi connectivity index (χ3v) is 5.47. The number of hydrogen-bond donors (Lipinski definition) is 2. The van der Waals surface area contributed by atoms with E-state index in [0.717, 1.165) is 42.2 Å². The first kappa shape index (κ1) is 13.8. The van der Waals surface area contributed by atoms with Crippen molar-refractivity contribution < 1.29 is 5.11 Å². The van der Waals surface area contributed by atoms with Gasteiger partial charge < -0.3 is 10.4 Å². The predicted octanol–water partition coefficient (Wildman–Crippen LogP) is 4.04. The van der Waals surface area contributed by atoms with Crippen molar-refractivity contribution in [3.05, 3.63) is 24.3 Å². The summed E-state index contributed by atoms with van der Waals surface area (Å²) in [6.45, 7) is 2.86. The van der Waals surface area contributed by atoms with E-state index in [1.807, 2.05) is 18.2 Å².